The molecule has 1 fully saturated rings. The van der Waals surface area contributed by atoms with Gasteiger partial charge >= 0.3 is 0 Å². The molecule has 1 aliphatic rings. The Hall–Kier alpha value is -1.49. The third-order valence-corrected chi connectivity index (χ3v) is 3.27. The minimum Gasteiger partial charge on any atom is -0.348 e. The molecule has 1 amide bonds. The molecule has 0 saturated carbocycles. The average Bonchev–Trinajstić information content (AvgIpc) is 2.35. The van der Waals surface area contributed by atoms with Gasteiger partial charge < -0.3 is 10.6 Å². The molecule has 0 unspecified atom stereocenters. The summed E-state index contributed by atoms with van der Waals surface area (Å²) in [6.07, 6.45) is 1.80. The SMILES string of the molecule is C[C@@H]1NCCC[C@@H]1NC(=O)c1cccc(F)c1F. The standard InChI is InChI=1S/C13H16F2N2O/c1-8-11(6-3-7-16-8)17-13(18)9-4-2-5-10(14)12(9)15/h2,4-5,8,11,16H,3,6-7H2,1H3,(H,17,18)/t8-,11-/m0/s1. The summed E-state index contributed by atoms with van der Waals surface area (Å²) >= 11 is 0. The van der Waals surface area contributed by atoms with Gasteiger partial charge in [0.25, 0.3) is 5.91 Å². The van der Waals surface area contributed by atoms with Crippen molar-refractivity contribution in [2.45, 2.75) is 31.8 Å². The highest BCUT2D eigenvalue weighted by atomic mass is 19.2. The van der Waals surface area contributed by atoms with Crippen LogP contribution in [0.5, 0.6) is 0 Å². The van der Waals surface area contributed by atoms with Gasteiger partial charge in [0.2, 0.25) is 0 Å². The maximum atomic E-state index is 13.5. The molecule has 0 aromatic heterocycles. The van der Waals surface area contributed by atoms with Gasteiger partial charge in [-0.05, 0) is 38.4 Å². The Bertz CT molecular complexity index is 451. The normalized spacial score (nSPS) is 23.7. The Morgan fingerprint density at radius 3 is 2.94 bits per heavy atom. The number of hydrogen-bond acceptors (Lipinski definition) is 2. The molecule has 2 N–H and O–H groups in total. The van der Waals surface area contributed by atoms with Gasteiger partial charge in [0.05, 0.1) is 5.56 Å². The highest BCUT2D eigenvalue weighted by Gasteiger charge is 2.24. The van der Waals surface area contributed by atoms with Crippen LogP contribution in [-0.4, -0.2) is 24.5 Å². The summed E-state index contributed by atoms with van der Waals surface area (Å²) in [7, 11) is 0. The molecule has 0 aliphatic carbocycles. The van der Waals surface area contributed by atoms with Crippen molar-refractivity contribution in [3.63, 3.8) is 0 Å². The number of benzene rings is 1. The van der Waals surface area contributed by atoms with E-state index in [4.69, 9.17) is 0 Å². The molecule has 1 aliphatic heterocycles. The Balaban J connectivity index is 2.09. The van der Waals surface area contributed by atoms with Crippen molar-refractivity contribution in [2.75, 3.05) is 6.54 Å². The number of rotatable bonds is 2. The zero-order valence-electron chi connectivity index (χ0n) is 10.2. The number of amides is 1. The van der Waals surface area contributed by atoms with Crippen LogP contribution < -0.4 is 10.6 Å². The van der Waals surface area contributed by atoms with Crippen molar-refractivity contribution in [1.29, 1.82) is 0 Å². The van der Waals surface area contributed by atoms with Gasteiger partial charge in [0.1, 0.15) is 0 Å². The lowest BCUT2D eigenvalue weighted by Gasteiger charge is -2.30. The maximum absolute atomic E-state index is 13.5. The van der Waals surface area contributed by atoms with Crippen LogP contribution in [0.25, 0.3) is 0 Å². The van der Waals surface area contributed by atoms with Crippen molar-refractivity contribution in [3.05, 3.63) is 35.4 Å². The summed E-state index contributed by atoms with van der Waals surface area (Å²) in [6.45, 7) is 2.88. The van der Waals surface area contributed by atoms with Crippen molar-refractivity contribution in [3.8, 4) is 0 Å². The topological polar surface area (TPSA) is 41.1 Å². The number of hydrogen-bond donors (Lipinski definition) is 2. The fourth-order valence-electron chi connectivity index (χ4n) is 2.17. The zero-order chi connectivity index (χ0) is 13.1. The molecule has 1 saturated heterocycles. The molecular formula is C13H16F2N2O. The van der Waals surface area contributed by atoms with E-state index in [-0.39, 0.29) is 17.6 Å². The van der Waals surface area contributed by atoms with Gasteiger partial charge in [0.15, 0.2) is 11.6 Å². The molecule has 3 nitrogen and oxygen atoms in total. The van der Waals surface area contributed by atoms with E-state index in [0.29, 0.717) is 0 Å². The van der Waals surface area contributed by atoms with Crippen LogP contribution in [0.4, 0.5) is 8.78 Å². The first-order valence-electron chi connectivity index (χ1n) is 6.08. The summed E-state index contributed by atoms with van der Waals surface area (Å²) in [4.78, 5) is 11.9. The first-order chi connectivity index (χ1) is 8.59. The van der Waals surface area contributed by atoms with Crippen molar-refractivity contribution < 1.29 is 13.6 Å². The fraction of sp³-hybridized carbons (Fsp3) is 0.462. The van der Waals surface area contributed by atoms with Crippen LogP contribution in [-0.2, 0) is 0 Å². The summed E-state index contributed by atoms with van der Waals surface area (Å²) < 4.78 is 26.5. The van der Waals surface area contributed by atoms with E-state index in [0.717, 1.165) is 25.5 Å². The molecule has 98 valence electrons. The lowest BCUT2D eigenvalue weighted by atomic mass is 9.99. The molecule has 5 heteroatoms. The number of carbonyl (C=O) groups is 1. The Morgan fingerprint density at radius 2 is 2.22 bits per heavy atom. The van der Waals surface area contributed by atoms with Crippen LogP contribution in [0.3, 0.4) is 0 Å². The highest BCUT2D eigenvalue weighted by molar-refractivity contribution is 5.94. The van der Waals surface area contributed by atoms with E-state index < -0.39 is 17.5 Å². The molecule has 0 radical (unpaired) electrons. The Kier molecular flexibility index (Phi) is 3.91. The lowest BCUT2D eigenvalue weighted by Crippen LogP contribution is -2.52. The van der Waals surface area contributed by atoms with E-state index in [1.54, 1.807) is 0 Å². The van der Waals surface area contributed by atoms with Gasteiger partial charge in [0, 0.05) is 12.1 Å². The summed E-state index contributed by atoms with van der Waals surface area (Å²) in [5, 5.41) is 5.98. The largest absolute Gasteiger partial charge is 0.348 e. The third-order valence-electron chi connectivity index (χ3n) is 3.27. The van der Waals surface area contributed by atoms with Crippen LogP contribution in [0.15, 0.2) is 18.2 Å². The minimum absolute atomic E-state index is 0.0473. The molecule has 1 aromatic carbocycles. The lowest BCUT2D eigenvalue weighted by molar-refractivity contribution is 0.0914. The van der Waals surface area contributed by atoms with Gasteiger partial charge in [-0.3, -0.25) is 4.79 Å². The summed E-state index contributed by atoms with van der Waals surface area (Å²) in [6, 6.07) is 3.70. The number of halogens is 2. The molecule has 2 atom stereocenters. The second kappa shape index (κ2) is 5.44. The molecule has 18 heavy (non-hydrogen) atoms. The van der Waals surface area contributed by atoms with Gasteiger partial charge in [-0.2, -0.15) is 0 Å². The number of piperidine rings is 1. The first-order valence-corrected chi connectivity index (χ1v) is 6.08. The maximum Gasteiger partial charge on any atom is 0.254 e. The second-order valence-electron chi connectivity index (χ2n) is 4.57. The van der Waals surface area contributed by atoms with Crippen molar-refractivity contribution >= 4 is 5.91 Å². The van der Waals surface area contributed by atoms with E-state index in [2.05, 4.69) is 10.6 Å². The van der Waals surface area contributed by atoms with Crippen LogP contribution in [0.2, 0.25) is 0 Å². The predicted octanol–water partition coefficient (Wildman–Crippen LogP) is 1.84. The van der Waals surface area contributed by atoms with E-state index in [9.17, 15) is 13.6 Å². The molecule has 1 heterocycles. The van der Waals surface area contributed by atoms with Gasteiger partial charge in [-0.25, -0.2) is 8.78 Å². The molecule has 1 aromatic rings. The quantitative estimate of drug-likeness (QED) is 0.845. The van der Waals surface area contributed by atoms with Gasteiger partial charge in [-0.15, -0.1) is 0 Å². The highest BCUT2D eigenvalue weighted by Crippen LogP contribution is 2.13. The second-order valence-corrected chi connectivity index (χ2v) is 4.57. The smallest absolute Gasteiger partial charge is 0.254 e. The van der Waals surface area contributed by atoms with Gasteiger partial charge in [-0.1, -0.05) is 6.07 Å². The van der Waals surface area contributed by atoms with Crippen molar-refractivity contribution in [1.82, 2.24) is 10.6 Å². The summed E-state index contributed by atoms with van der Waals surface area (Å²) in [5.41, 5.74) is -0.243. The van der Waals surface area contributed by atoms with Crippen molar-refractivity contribution in [2.24, 2.45) is 0 Å². The molecule has 0 bridgehead atoms. The van der Waals surface area contributed by atoms with Crippen LogP contribution in [0.1, 0.15) is 30.1 Å². The molecule has 0 spiro atoms. The predicted molar refractivity (Wildman–Crippen MR) is 64.3 cm³/mol. The van der Waals surface area contributed by atoms with E-state index >= 15 is 0 Å². The first kappa shape index (κ1) is 13.0. The van der Waals surface area contributed by atoms with Crippen LogP contribution in [0, 0.1) is 11.6 Å². The van der Waals surface area contributed by atoms with Crippen LogP contribution >= 0.6 is 0 Å². The summed E-state index contributed by atoms with van der Waals surface area (Å²) in [5.74, 6) is -2.66. The minimum atomic E-state index is -1.09. The van der Waals surface area contributed by atoms with E-state index in [1.165, 1.54) is 12.1 Å². The average molecular weight is 254 g/mol. The third kappa shape index (κ3) is 2.67. The monoisotopic (exact) mass is 254 g/mol. The van der Waals surface area contributed by atoms with E-state index in [1.807, 2.05) is 6.92 Å². The zero-order valence-corrected chi connectivity index (χ0v) is 10.2. The number of nitrogens with one attached hydrogen (secondary N) is 2. The molecular weight excluding hydrogens is 238 g/mol. The Labute approximate surface area is 105 Å². The molecule has 2 rings (SSSR count). The Morgan fingerprint density at radius 1 is 1.44 bits per heavy atom. The number of carbonyl (C=O) groups excluding carboxylic acids is 1. The fourth-order valence-corrected chi connectivity index (χ4v) is 2.17.